The normalized spacial score (nSPS) is 9.29. The summed E-state index contributed by atoms with van der Waals surface area (Å²) in [5, 5.41) is 6.30. The van der Waals surface area contributed by atoms with Crippen LogP contribution in [-0.2, 0) is 6.04 Å². The molecule has 0 unspecified atom stereocenters. The van der Waals surface area contributed by atoms with Crippen molar-refractivity contribution in [2.24, 2.45) is 0 Å². The monoisotopic (exact) mass is 110 g/mol. The zero-order chi connectivity index (χ0) is 5.11. The summed E-state index contributed by atoms with van der Waals surface area (Å²) in [5.41, 5.74) is 0. The molecule has 0 spiro atoms. The van der Waals surface area contributed by atoms with Gasteiger partial charge in [-0.1, -0.05) is 0 Å². The quantitative estimate of drug-likeness (QED) is 0.494. The molecule has 0 bridgehead atoms. The van der Waals surface area contributed by atoms with E-state index < -0.39 is 0 Å². The smallest absolute Gasteiger partial charge is 0.137 e. The van der Waals surface area contributed by atoms with E-state index in [0.29, 0.717) is 0 Å². The third-order valence-electron chi connectivity index (χ3n) is 0.632. The molecule has 1 aromatic heterocycles. The molecule has 0 saturated carbocycles. The minimum Gasteiger partial charge on any atom is -0.264 e. The maximum atomic E-state index is 3.82. The standard InChI is InChI=1S/C3H4N3Si/c7-1-3-4-2-5-6-3/h2H,1H2,(H,4,5,6). The lowest BCUT2D eigenvalue weighted by Crippen LogP contribution is -1.84. The minimum atomic E-state index is 0.736. The molecule has 4 heteroatoms. The van der Waals surface area contributed by atoms with E-state index in [2.05, 4.69) is 25.4 Å². The summed E-state index contributed by atoms with van der Waals surface area (Å²) in [6.07, 6.45) is 1.48. The number of aromatic amines is 1. The molecule has 3 nitrogen and oxygen atoms in total. The van der Waals surface area contributed by atoms with Gasteiger partial charge in [0, 0.05) is 10.2 Å². The van der Waals surface area contributed by atoms with Gasteiger partial charge in [0.25, 0.3) is 0 Å². The van der Waals surface area contributed by atoms with E-state index in [1.54, 1.807) is 0 Å². The summed E-state index contributed by atoms with van der Waals surface area (Å²) in [7, 11) is 3.25. The Kier molecular flexibility index (Phi) is 1.21. The molecule has 1 heterocycles. The van der Waals surface area contributed by atoms with Crippen LogP contribution in [0.2, 0.25) is 0 Å². The van der Waals surface area contributed by atoms with Crippen LogP contribution < -0.4 is 0 Å². The number of nitrogens with one attached hydrogen (secondary N) is 1. The lowest BCUT2D eigenvalue weighted by Gasteiger charge is -1.77. The zero-order valence-corrected chi connectivity index (χ0v) is 4.68. The fourth-order valence-electron chi connectivity index (χ4n) is 0.316. The third-order valence-corrected chi connectivity index (χ3v) is 0.967. The average molecular weight is 110 g/mol. The first-order valence-electron chi connectivity index (χ1n) is 1.92. The van der Waals surface area contributed by atoms with Gasteiger partial charge in [-0.05, 0) is 6.04 Å². The van der Waals surface area contributed by atoms with E-state index in [0.717, 1.165) is 11.9 Å². The van der Waals surface area contributed by atoms with Gasteiger partial charge in [-0.2, -0.15) is 5.10 Å². The van der Waals surface area contributed by atoms with Crippen LogP contribution in [0.3, 0.4) is 0 Å². The summed E-state index contributed by atoms with van der Waals surface area (Å²) < 4.78 is 0. The number of aromatic nitrogens is 3. The molecule has 0 aliphatic carbocycles. The first-order valence-corrected chi connectivity index (χ1v) is 2.63. The van der Waals surface area contributed by atoms with Crippen molar-refractivity contribution in [2.45, 2.75) is 6.04 Å². The molecule has 3 radical (unpaired) electrons. The number of hydrogen-bond donors (Lipinski definition) is 1. The van der Waals surface area contributed by atoms with Crippen LogP contribution in [0.15, 0.2) is 6.33 Å². The summed E-state index contributed by atoms with van der Waals surface area (Å²) in [4.78, 5) is 3.82. The SMILES string of the molecule is [Si]Cc1ncn[nH]1. The van der Waals surface area contributed by atoms with Crippen LogP contribution in [-0.4, -0.2) is 25.4 Å². The van der Waals surface area contributed by atoms with Crippen LogP contribution in [0.5, 0.6) is 0 Å². The number of H-pyrrole nitrogens is 1. The van der Waals surface area contributed by atoms with E-state index in [4.69, 9.17) is 0 Å². The van der Waals surface area contributed by atoms with E-state index in [-0.39, 0.29) is 0 Å². The number of hydrogen-bond acceptors (Lipinski definition) is 2. The molecular weight excluding hydrogens is 106 g/mol. The Morgan fingerprint density at radius 3 is 3.00 bits per heavy atom. The van der Waals surface area contributed by atoms with Crippen molar-refractivity contribution in [3.8, 4) is 0 Å². The Labute approximate surface area is 44.6 Å². The molecule has 1 aromatic rings. The zero-order valence-electron chi connectivity index (χ0n) is 3.68. The molecule has 0 aliphatic rings. The van der Waals surface area contributed by atoms with Crippen molar-refractivity contribution in [3.63, 3.8) is 0 Å². The second kappa shape index (κ2) is 1.88. The predicted octanol–water partition coefficient (Wildman–Crippen LogP) is -0.527. The fourth-order valence-corrected chi connectivity index (χ4v) is 0.486. The molecule has 1 rings (SSSR count). The molecule has 0 amide bonds. The maximum absolute atomic E-state index is 3.82. The summed E-state index contributed by atoms with van der Waals surface area (Å²) in [6, 6.07) is 0.736. The third kappa shape index (κ3) is 0.864. The van der Waals surface area contributed by atoms with Gasteiger partial charge in [0.15, 0.2) is 0 Å². The Morgan fingerprint density at radius 1 is 1.86 bits per heavy atom. The van der Waals surface area contributed by atoms with Crippen LogP contribution >= 0.6 is 0 Å². The van der Waals surface area contributed by atoms with Gasteiger partial charge in [-0.15, -0.1) is 0 Å². The van der Waals surface area contributed by atoms with Gasteiger partial charge in [-0.3, -0.25) is 5.10 Å². The second-order valence-electron chi connectivity index (χ2n) is 1.11. The average Bonchev–Trinajstić information content (AvgIpc) is 2.14. The van der Waals surface area contributed by atoms with Gasteiger partial charge < -0.3 is 0 Å². The summed E-state index contributed by atoms with van der Waals surface area (Å²) >= 11 is 0. The number of rotatable bonds is 1. The molecule has 35 valence electrons. The molecule has 7 heavy (non-hydrogen) atoms. The second-order valence-corrected chi connectivity index (χ2v) is 1.46. The predicted molar refractivity (Wildman–Crippen MR) is 25.8 cm³/mol. The number of nitrogens with zero attached hydrogens (tertiary/aromatic N) is 2. The molecule has 0 saturated heterocycles. The van der Waals surface area contributed by atoms with Gasteiger partial charge in [0.2, 0.25) is 0 Å². The molecular formula is C3H4N3Si. The van der Waals surface area contributed by atoms with Gasteiger partial charge in [-0.25, -0.2) is 4.98 Å². The van der Waals surface area contributed by atoms with E-state index in [9.17, 15) is 0 Å². The highest BCUT2D eigenvalue weighted by Crippen LogP contribution is 1.79. The Balaban J connectivity index is 2.76. The first-order chi connectivity index (χ1) is 3.43. The lowest BCUT2D eigenvalue weighted by molar-refractivity contribution is 1.02. The van der Waals surface area contributed by atoms with Crippen LogP contribution in [0.25, 0.3) is 0 Å². The van der Waals surface area contributed by atoms with E-state index >= 15 is 0 Å². The first kappa shape index (κ1) is 4.51. The van der Waals surface area contributed by atoms with Gasteiger partial charge >= 0.3 is 0 Å². The topological polar surface area (TPSA) is 41.6 Å². The highest BCUT2D eigenvalue weighted by Gasteiger charge is 1.84. The van der Waals surface area contributed by atoms with Crippen LogP contribution in [0, 0.1) is 0 Å². The summed E-state index contributed by atoms with van der Waals surface area (Å²) in [6.45, 7) is 0. The van der Waals surface area contributed by atoms with E-state index in [1.807, 2.05) is 0 Å². The summed E-state index contributed by atoms with van der Waals surface area (Å²) in [5.74, 6) is 0.858. The van der Waals surface area contributed by atoms with Gasteiger partial charge in [0.1, 0.15) is 12.2 Å². The van der Waals surface area contributed by atoms with Crippen LogP contribution in [0.1, 0.15) is 5.82 Å². The van der Waals surface area contributed by atoms with Crippen molar-refractivity contribution in [1.29, 1.82) is 0 Å². The molecule has 0 aliphatic heterocycles. The molecule has 0 aromatic carbocycles. The molecule has 0 fully saturated rings. The van der Waals surface area contributed by atoms with Crippen molar-refractivity contribution in [3.05, 3.63) is 12.2 Å². The molecule has 1 N–H and O–H groups in total. The largest absolute Gasteiger partial charge is 0.264 e. The Bertz CT molecular complexity index is 125. The molecule has 0 atom stereocenters. The lowest BCUT2D eigenvalue weighted by atomic mass is 10.7. The van der Waals surface area contributed by atoms with Crippen LogP contribution in [0.4, 0.5) is 0 Å². The maximum Gasteiger partial charge on any atom is 0.137 e. The fraction of sp³-hybridized carbons (Fsp3) is 0.333. The van der Waals surface area contributed by atoms with Crippen molar-refractivity contribution in [1.82, 2.24) is 15.2 Å². The highest BCUT2D eigenvalue weighted by atomic mass is 28.1. The van der Waals surface area contributed by atoms with Crippen molar-refractivity contribution in [2.75, 3.05) is 0 Å². The Morgan fingerprint density at radius 2 is 2.71 bits per heavy atom. The van der Waals surface area contributed by atoms with E-state index in [1.165, 1.54) is 6.33 Å². The Hall–Kier alpha value is -0.643. The minimum absolute atomic E-state index is 0.736. The van der Waals surface area contributed by atoms with Crippen molar-refractivity contribution >= 4 is 10.2 Å². The van der Waals surface area contributed by atoms with Gasteiger partial charge in [0.05, 0.1) is 0 Å². The van der Waals surface area contributed by atoms with Crippen molar-refractivity contribution < 1.29 is 0 Å². The highest BCUT2D eigenvalue weighted by molar-refractivity contribution is 6.07.